The highest BCUT2D eigenvalue weighted by Crippen LogP contribution is 2.23. The Morgan fingerprint density at radius 1 is 1.31 bits per heavy atom. The van der Waals surface area contributed by atoms with Gasteiger partial charge in [0.1, 0.15) is 0 Å². The molecule has 0 radical (unpaired) electrons. The zero-order valence-corrected chi connectivity index (χ0v) is 12.2. The number of nitrogens with one attached hydrogen (secondary N) is 1. The van der Waals surface area contributed by atoms with E-state index in [4.69, 9.17) is 0 Å². The lowest BCUT2D eigenvalue weighted by Gasteiger charge is -2.39. The van der Waals surface area contributed by atoms with Gasteiger partial charge in [0.2, 0.25) is 0 Å². The van der Waals surface area contributed by atoms with E-state index in [1.807, 2.05) is 13.8 Å². The Hall–Kier alpha value is -0.0800. The lowest BCUT2D eigenvalue weighted by molar-refractivity contribution is 0.102. The van der Waals surface area contributed by atoms with Crippen molar-refractivity contribution in [1.29, 1.82) is 0 Å². The molecule has 0 aromatic carbocycles. The van der Waals surface area contributed by atoms with E-state index in [-0.39, 0.29) is 0 Å². The van der Waals surface area contributed by atoms with Crippen LogP contribution in [0.15, 0.2) is 0 Å². The molecular formula is C14H32N2. The highest BCUT2D eigenvalue weighted by Gasteiger charge is 2.26. The van der Waals surface area contributed by atoms with Crippen LogP contribution in [0, 0.1) is 11.8 Å². The normalized spacial score (nSPS) is 26.4. The van der Waals surface area contributed by atoms with Crippen LogP contribution in [0.2, 0.25) is 0 Å². The maximum Gasteiger partial charge on any atom is 0.00387 e. The maximum absolute atomic E-state index is 3.47. The summed E-state index contributed by atoms with van der Waals surface area (Å²) in [7, 11) is 0. The molecule has 1 heterocycles. The van der Waals surface area contributed by atoms with Gasteiger partial charge in [-0.05, 0) is 51.7 Å². The Balaban J connectivity index is 0.00000106. The smallest absolute Gasteiger partial charge is 0.00387 e. The average Bonchev–Trinajstić information content (AvgIpc) is 2.30. The molecule has 1 N–H and O–H groups in total. The maximum atomic E-state index is 3.47. The third-order valence-electron chi connectivity index (χ3n) is 3.50. The summed E-state index contributed by atoms with van der Waals surface area (Å²) in [6.07, 6.45) is 1.37. The van der Waals surface area contributed by atoms with Crippen LogP contribution in [0.4, 0.5) is 0 Å². The second-order valence-electron chi connectivity index (χ2n) is 4.92. The van der Waals surface area contributed by atoms with E-state index < -0.39 is 0 Å². The predicted molar refractivity (Wildman–Crippen MR) is 73.9 cm³/mol. The summed E-state index contributed by atoms with van der Waals surface area (Å²) in [6.45, 7) is 18.1. The van der Waals surface area contributed by atoms with E-state index in [0.717, 1.165) is 24.4 Å². The molecule has 2 nitrogen and oxygen atoms in total. The zero-order chi connectivity index (χ0) is 12.6. The Labute approximate surface area is 103 Å². The SMILES string of the molecule is CC.CCNCC1CCN(C(C)C)CC1C. The molecule has 2 atom stereocenters. The lowest BCUT2D eigenvalue weighted by atomic mass is 9.86. The molecule has 1 fully saturated rings. The van der Waals surface area contributed by atoms with Crippen LogP contribution in [0.25, 0.3) is 0 Å². The van der Waals surface area contributed by atoms with Gasteiger partial charge in [0, 0.05) is 12.6 Å². The van der Waals surface area contributed by atoms with Crippen molar-refractivity contribution >= 4 is 0 Å². The molecule has 2 heteroatoms. The first-order chi connectivity index (χ1) is 7.65. The number of piperidine rings is 1. The van der Waals surface area contributed by atoms with Crippen molar-refractivity contribution in [3.63, 3.8) is 0 Å². The number of nitrogens with zero attached hydrogens (tertiary/aromatic N) is 1. The van der Waals surface area contributed by atoms with Gasteiger partial charge in [-0.1, -0.05) is 27.7 Å². The van der Waals surface area contributed by atoms with Crippen molar-refractivity contribution in [1.82, 2.24) is 10.2 Å². The van der Waals surface area contributed by atoms with Crippen molar-refractivity contribution in [2.24, 2.45) is 11.8 Å². The molecular weight excluding hydrogens is 196 g/mol. The molecule has 98 valence electrons. The Kier molecular flexibility index (Phi) is 8.96. The van der Waals surface area contributed by atoms with Gasteiger partial charge in [-0.15, -0.1) is 0 Å². The fourth-order valence-corrected chi connectivity index (χ4v) is 2.33. The molecule has 1 aliphatic rings. The van der Waals surface area contributed by atoms with Crippen LogP contribution >= 0.6 is 0 Å². The first kappa shape index (κ1) is 15.9. The van der Waals surface area contributed by atoms with Crippen LogP contribution in [-0.4, -0.2) is 37.1 Å². The standard InChI is InChI=1S/C12H26N2.C2H6/c1-5-13-8-12-6-7-14(10(2)3)9-11(12)4;1-2/h10-13H,5-9H2,1-4H3;1-2H3. The quantitative estimate of drug-likeness (QED) is 0.796. The minimum atomic E-state index is 0.720. The van der Waals surface area contributed by atoms with Gasteiger partial charge in [0.15, 0.2) is 0 Å². The number of rotatable bonds is 4. The summed E-state index contributed by atoms with van der Waals surface area (Å²) in [5.41, 5.74) is 0. The molecule has 0 aliphatic carbocycles. The number of hydrogen-bond acceptors (Lipinski definition) is 2. The Morgan fingerprint density at radius 2 is 1.94 bits per heavy atom. The molecule has 0 amide bonds. The van der Waals surface area contributed by atoms with Gasteiger partial charge in [-0.2, -0.15) is 0 Å². The fraction of sp³-hybridized carbons (Fsp3) is 1.00. The van der Waals surface area contributed by atoms with Crippen molar-refractivity contribution in [2.75, 3.05) is 26.2 Å². The highest BCUT2D eigenvalue weighted by atomic mass is 15.2. The van der Waals surface area contributed by atoms with Crippen LogP contribution in [0.3, 0.4) is 0 Å². The lowest BCUT2D eigenvalue weighted by Crippen LogP contribution is -2.45. The van der Waals surface area contributed by atoms with Gasteiger partial charge in [-0.25, -0.2) is 0 Å². The summed E-state index contributed by atoms with van der Waals surface area (Å²) in [6, 6.07) is 0.720. The second-order valence-corrected chi connectivity index (χ2v) is 4.92. The summed E-state index contributed by atoms with van der Waals surface area (Å²) in [5, 5.41) is 3.47. The van der Waals surface area contributed by atoms with Crippen molar-refractivity contribution in [2.45, 2.75) is 54.0 Å². The molecule has 1 aliphatic heterocycles. The third kappa shape index (κ3) is 5.31. The zero-order valence-electron chi connectivity index (χ0n) is 12.2. The van der Waals surface area contributed by atoms with Gasteiger partial charge in [0.25, 0.3) is 0 Å². The highest BCUT2D eigenvalue weighted by molar-refractivity contribution is 4.80. The van der Waals surface area contributed by atoms with E-state index in [0.29, 0.717) is 0 Å². The molecule has 0 aromatic rings. The summed E-state index contributed by atoms with van der Waals surface area (Å²) < 4.78 is 0. The van der Waals surface area contributed by atoms with E-state index in [1.54, 1.807) is 0 Å². The Bertz CT molecular complexity index is 157. The van der Waals surface area contributed by atoms with E-state index in [1.165, 1.54) is 26.1 Å². The summed E-state index contributed by atoms with van der Waals surface area (Å²) >= 11 is 0. The van der Waals surface area contributed by atoms with Crippen molar-refractivity contribution < 1.29 is 0 Å². The number of likely N-dealkylation sites (tertiary alicyclic amines) is 1. The van der Waals surface area contributed by atoms with Gasteiger partial charge >= 0.3 is 0 Å². The van der Waals surface area contributed by atoms with Crippen LogP contribution < -0.4 is 5.32 Å². The summed E-state index contributed by atoms with van der Waals surface area (Å²) in [5.74, 6) is 1.75. The van der Waals surface area contributed by atoms with Crippen molar-refractivity contribution in [3.05, 3.63) is 0 Å². The monoisotopic (exact) mass is 228 g/mol. The van der Waals surface area contributed by atoms with Crippen LogP contribution in [0.1, 0.15) is 48.0 Å². The minimum Gasteiger partial charge on any atom is -0.317 e. The molecule has 0 aromatic heterocycles. The summed E-state index contributed by atoms with van der Waals surface area (Å²) in [4.78, 5) is 2.60. The first-order valence-corrected chi connectivity index (χ1v) is 7.09. The van der Waals surface area contributed by atoms with Gasteiger partial charge in [-0.3, -0.25) is 0 Å². The third-order valence-corrected chi connectivity index (χ3v) is 3.50. The number of hydrogen-bond donors (Lipinski definition) is 1. The molecule has 0 saturated carbocycles. The van der Waals surface area contributed by atoms with Gasteiger partial charge < -0.3 is 10.2 Å². The molecule has 1 rings (SSSR count). The fourth-order valence-electron chi connectivity index (χ4n) is 2.33. The minimum absolute atomic E-state index is 0.720. The van der Waals surface area contributed by atoms with Crippen molar-refractivity contribution in [3.8, 4) is 0 Å². The van der Waals surface area contributed by atoms with E-state index in [9.17, 15) is 0 Å². The first-order valence-electron chi connectivity index (χ1n) is 7.09. The van der Waals surface area contributed by atoms with Crippen LogP contribution in [-0.2, 0) is 0 Å². The topological polar surface area (TPSA) is 15.3 Å². The van der Waals surface area contributed by atoms with E-state index >= 15 is 0 Å². The average molecular weight is 228 g/mol. The molecule has 1 saturated heterocycles. The van der Waals surface area contributed by atoms with Crippen LogP contribution in [0.5, 0.6) is 0 Å². The Morgan fingerprint density at radius 3 is 2.38 bits per heavy atom. The van der Waals surface area contributed by atoms with E-state index in [2.05, 4.69) is 37.9 Å². The molecule has 16 heavy (non-hydrogen) atoms. The second kappa shape index (κ2) is 9.00. The van der Waals surface area contributed by atoms with Gasteiger partial charge in [0.05, 0.1) is 0 Å². The molecule has 0 spiro atoms. The molecule has 2 unspecified atom stereocenters. The molecule has 0 bridgehead atoms. The largest absolute Gasteiger partial charge is 0.317 e. The predicted octanol–water partition coefficient (Wildman–Crippen LogP) is 2.99.